The molecule has 0 saturated heterocycles. The highest BCUT2D eigenvalue weighted by molar-refractivity contribution is 5.86. The van der Waals surface area contributed by atoms with Crippen molar-refractivity contribution in [1.82, 2.24) is 10.3 Å². The molecule has 2 heterocycles. The zero-order valence-corrected chi connectivity index (χ0v) is 18.1. The van der Waals surface area contributed by atoms with Crippen molar-refractivity contribution in [2.75, 3.05) is 25.1 Å². The molecule has 1 aromatic carbocycles. The molecule has 32 heavy (non-hydrogen) atoms. The number of carbonyl (C=O) groups excluding carboxylic acids is 1. The average molecular weight is 442 g/mol. The molecule has 0 unspecified atom stereocenters. The summed E-state index contributed by atoms with van der Waals surface area (Å²) in [5, 5.41) is 25.2. The largest absolute Gasteiger partial charge is 0.480 e. The van der Waals surface area contributed by atoms with Crippen LogP contribution in [0.5, 0.6) is 0 Å². The molecule has 1 amide bonds. The normalized spacial score (nSPS) is 14.7. The Kier molecular flexibility index (Phi) is 9.01. The summed E-state index contributed by atoms with van der Waals surface area (Å²) in [5.41, 5.74) is 2.75. The number of nitrogens with zero attached hydrogens (tertiary/aromatic N) is 1. The van der Waals surface area contributed by atoms with E-state index in [0.717, 1.165) is 50.2 Å². The minimum atomic E-state index is -1.41. The zero-order chi connectivity index (χ0) is 22.8. The maximum absolute atomic E-state index is 12.2. The van der Waals surface area contributed by atoms with Crippen LogP contribution in [0.4, 0.5) is 5.82 Å². The first-order valence-electron chi connectivity index (χ1n) is 11.1. The van der Waals surface area contributed by atoms with Crippen molar-refractivity contribution in [3.63, 3.8) is 0 Å². The number of anilines is 1. The van der Waals surface area contributed by atoms with Crippen molar-refractivity contribution in [1.29, 1.82) is 0 Å². The molecule has 0 spiro atoms. The third-order valence-corrected chi connectivity index (χ3v) is 5.45. The number of aliphatic carboxylic acids is 1. The number of pyridine rings is 1. The molecule has 3 rings (SSSR count). The Morgan fingerprint density at radius 3 is 2.72 bits per heavy atom. The summed E-state index contributed by atoms with van der Waals surface area (Å²) in [6, 6.07) is 11.5. The SMILES string of the molecule is O=C(O)[C@H](CCOCCCCc1ccc2c(n1)NCCC2)NC(=O)[C@@H](O)c1ccccc1. The predicted molar refractivity (Wildman–Crippen MR) is 120 cm³/mol. The average Bonchev–Trinajstić information content (AvgIpc) is 2.82. The first-order chi connectivity index (χ1) is 15.5. The molecule has 0 radical (unpaired) electrons. The van der Waals surface area contributed by atoms with E-state index >= 15 is 0 Å². The number of amides is 1. The van der Waals surface area contributed by atoms with E-state index < -0.39 is 24.0 Å². The molecule has 2 aromatic rings. The van der Waals surface area contributed by atoms with Gasteiger partial charge in [-0.25, -0.2) is 9.78 Å². The zero-order valence-electron chi connectivity index (χ0n) is 18.1. The first-order valence-corrected chi connectivity index (χ1v) is 11.1. The number of carbonyl (C=O) groups is 2. The number of carboxylic acids is 1. The van der Waals surface area contributed by atoms with E-state index in [-0.39, 0.29) is 13.0 Å². The lowest BCUT2D eigenvalue weighted by molar-refractivity contribution is -0.144. The van der Waals surface area contributed by atoms with E-state index in [0.29, 0.717) is 12.2 Å². The summed E-state index contributed by atoms with van der Waals surface area (Å²) in [5.74, 6) is -0.894. The van der Waals surface area contributed by atoms with E-state index in [1.807, 2.05) is 0 Å². The summed E-state index contributed by atoms with van der Waals surface area (Å²) in [6.45, 7) is 1.69. The Morgan fingerprint density at radius 1 is 1.12 bits per heavy atom. The van der Waals surface area contributed by atoms with Crippen molar-refractivity contribution in [3.8, 4) is 0 Å². The standard InChI is InChI=1S/C24H31N3O5/c28-21(17-7-2-1-3-8-17)23(29)27-20(24(30)31)13-16-32-15-5-4-10-19-12-11-18-9-6-14-25-22(18)26-19/h1-3,7-8,11-12,20-21,28H,4-6,9-10,13-16H2,(H,25,26)(H,27,29)(H,30,31)/t20-,21-/m0/s1. The number of aliphatic hydroxyl groups is 1. The lowest BCUT2D eigenvalue weighted by Crippen LogP contribution is -2.43. The highest BCUT2D eigenvalue weighted by Crippen LogP contribution is 2.20. The van der Waals surface area contributed by atoms with Crippen LogP contribution >= 0.6 is 0 Å². The monoisotopic (exact) mass is 441 g/mol. The molecular weight excluding hydrogens is 410 g/mol. The van der Waals surface area contributed by atoms with Crippen LogP contribution in [0.2, 0.25) is 0 Å². The molecule has 172 valence electrons. The topological polar surface area (TPSA) is 121 Å². The molecule has 1 aliphatic heterocycles. The minimum absolute atomic E-state index is 0.126. The number of nitrogens with one attached hydrogen (secondary N) is 2. The maximum atomic E-state index is 12.2. The van der Waals surface area contributed by atoms with Gasteiger partial charge in [0.05, 0.1) is 0 Å². The second kappa shape index (κ2) is 12.2. The van der Waals surface area contributed by atoms with E-state index in [4.69, 9.17) is 4.74 Å². The van der Waals surface area contributed by atoms with Gasteiger partial charge in [-0.15, -0.1) is 0 Å². The van der Waals surface area contributed by atoms with Crippen molar-refractivity contribution >= 4 is 17.7 Å². The van der Waals surface area contributed by atoms with Crippen LogP contribution in [0.15, 0.2) is 42.5 Å². The highest BCUT2D eigenvalue weighted by Gasteiger charge is 2.24. The van der Waals surface area contributed by atoms with Crippen LogP contribution in [0.25, 0.3) is 0 Å². The third kappa shape index (κ3) is 7.03. The fourth-order valence-corrected chi connectivity index (χ4v) is 3.62. The van der Waals surface area contributed by atoms with Gasteiger partial charge in [-0.3, -0.25) is 4.79 Å². The smallest absolute Gasteiger partial charge is 0.326 e. The second-order valence-electron chi connectivity index (χ2n) is 7.91. The van der Waals surface area contributed by atoms with Gasteiger partial charge >= 0.3 is 5.97 Å². The van der Waals surface area contributed by atoms with Gasteiger partial charge in [0.2, 0.25) is 0 Å². The highest BCUT2D eigenvalue weighted by atomic mass is 16.5. The molecule has 1 aromatic heterocycles. The molecular formula is C24H31N3O5. The number of aromatic nitrogens is 1. The minimum Gasteiger partial charge on any atom is -0.480 e. The van der Waals surface area contributed by atoms with Crippen LogP contribution in [0.1, 0.15) is 48.6 Å². The lowest BCUT2D eigenvalue weighted by Gasteiger charge is -2.18. The Balaban J connectivity index is 1.32. The van der Waals surface area contributed by atoms with Gasteiger partial charge in [-0.2, -0.15) is 0 Å². The fourth-order valence-electron chi connectivity index (χ4n) is 3.62. The van der Waals surface area contributed by atoms with Crippen LogP contribution in [0.3, 0.4) is 0 Å². The van der Waals surface area contributed by atoms with E-state index in [1.54, 1.807) is 30.3 Å². The summed E-state index contributed by atoms with van der Waals surface area (Å²) >= 11 is 0. The van der Waals surface area contributed by atoms with Gasteiger partial charge in [0.1, 0.15) is 11.9 Å². The van der Waals surface area contributed by atoms with Crippen LogP contribution < -0.4 is 10.6 Å². The summed E-state index contributed by atoms with van der Waals surface area (Å²) in [7, 11) is 0. The van der Waals surface area contributed by atoms with Crippen molar-refractivity contribution < 1.29 is 24.5 Å². The van der Waals surface area contributed by atoms with Crippen molar-refractivity contribution in [2.24, 2.45) is 0 Å². The lowest BCUT2D eigenvalue weighted by atomic mass is 10.1. The fraction of sp³-hybridized carbons (Fsp3) is 0.458. The number of carboxylic acid groups (broad SMARTS) is 1. The summed E-state index contributed by atoms with van der Waals surface area (Å²) in [4.78, 5) is 28.3. The number of benzene rings is 1. The number of hydrogen-bond donors (Lipinski definition) is 4. The molecule has 8 heteroatoms. The molecule has 0 fully saturated rings. The molecule has 0 aliphatic carbocycles. The number of aliphatic hydroxyl groups excluding tert-OH is 1. The molecule has 0 bridgehead atoms. The molecule has 0 saturated carbocycles. The summed E-state index contributed by atoms with van der Waals surface area (Å²) in [6.07, 6.45) is 3.56. The van der Waals surface area contributed by atoms with Gasteiger partial charge in [-0.05, 0) is 49.3 Å². The Labute approximate surface area is 188 Å². The molecule has 2 atom stereocenters. The van der Waals surface area contributed by atoms with Gasteiger partial charge < -0.3 is 25.6 Å². The predicted octanol–water partition coefficient (Wildman–Crippen LogP) is 2.47. The first kappa shape index (κ1) is 23.7. The number of unbranched alkanes of at least 4 members (excludes halogenated alkanes) is 1. The molecule has 8 nitrogen and oxygen atoms in total. The molecule has 4 N–H and O–H groups in total. The van der Waals surface area contributed by atoms with Gasteiger partial charge in [0, 0.05) is 31.9 Å². The quantitative estimate of drug-likeness (QED) is 0.373. The number of ether oxygens (including phenoxy) is 1. The van der Waals surface area contributed by atoms with Gasteiger partial charge in [-0.1, -0.05) is 36.4 Å². The van der Waals surface area contributed by atoms with E-state index in [9.17, 15) is 19.8 Å². The number of rotatable bonds is 12. The van der Waals surface area contributed by atoms with Crippen LogP contribution in [-0.4, -0.2) is 52.9 Å². The Bertz CT molecular complexity index is 890. The summed E-state index contributed by atoms with van der Waals surface area (Å²) < 4.78 is 5.56. The van der Waals surface area contributed by atoms with Gasteiger partial charge in [0.25, 0.3) is 5.91 Å². The van der Waals surface area contributed by atoms with Crippen LogP contribution in [-0.2, 0) is 27.2 Å². The molecule has 1 aliphatic rings. The number of aryl methyl sites for hydroxylation is 2. The third-order valence-electron chi connectivity index (χ3n) is 5.45. The van der Waals surface area contributed by atoms with Crippen LogP contribution in [0, 0.1) is 0 Å². The van der Waals surface area contributed by atoms with Crippen molar-refractivity contribution in [2.45, 2.75) is 50.7 Å². The van der Waals surface area contributed by atoms with Crippen molar-refractivity contribution in [3.05, 3.63) is 59.3 Å². The Hall–Kier alpha value is -2.97. The van der Waals surface area contributed by atoms with Gasteiger partial charge in [0.15, 0.2) is 6.10 Å². The van der Waals surface area contributed by atoms with E-state index in [2.05, 4.69) is 27.8 Å². The number of fused-ring (bicyclic) bond motifs is 1. The maximum Gasteiger partial charge on any atom is 0.326 e. The second-order valence-corrected chi connectivity index (χ2v) is 7.91. The number of hydrogen-bond acceptors (Lipinski definition) is 6. The Morgan fingerprint density at radius 2 is 1.94 bits per heavy atom. The van der Waals surface area contributed by atoms with E-state index in [1.165, 1.54) is 5.56 Å².